The number of H-pyrrole nitrogens is 1. The number of hydrogen-bond donors (Lipinski definition) is 1. The van der Waals surface area contributed by atoms with E-state index in [1.807, 2.05) is 18.2 Å². The highest BCUT2D eigenvalue weighted by Gasteiger charge is 2.13. The summed E-state index contributed by atoms with van der Waals surface area (Å²) in [7, 11) is 1.36. The lowest BCUT2D eigenvalue weighted by molar-refractivity contribution is 0.0603. The van der Waals surface area contributed by atoms with E-state index in [9.17, 15) is 4.79 Å². The Morgan fingerprint density at radius 2 is 2.05 bits per heavy atom. The molecule has 3 heterocycles. The zero-order valence-electron chi connectivity index (χ0n) is 10.3. The van der Waals surface area contributed by atoms with Crippen LogP contribution >= 0.6 is 0 Å². The van der Waals surface area contributed by atoms with Crippen molar-refractivity contribution in [1.82, 2.24) is 15.0 Å². The van der Waals surface area contributed by atoms with Gasteiger partial charge in [0.1, 0.15) is 5.65 Å². The molecule has 0 saturated carbocycles. The summed E-state index contributed by atoms with van der Waals surface area (Å²) in [5.74, 6) is -0.375. The van der Waals surface area contributed by atoms with Gasteiger partial charge in [0.25, 0.3) is 0 Å². The second-order valence-electron chi connectivity index (χ2n) is 4.05. The summed E-state index contributed by atoms with van der Waals surface area (Å²) in [6.07, 6.45) is 6.81. The zero-order valence-corrected chi connectivity index (χ0v) is 10.3. The van der Waals surface area contributed by atoms with Gasteiger partial charge in [-0.1, -0.05) is 0 Å². The summed E-state index contributed by atoms with van der Waals surface area (Å²) < 4.78 is 4.75. The fourth-order valence-corrected chi connectivity index (χ4v) is 1.98. The fourth-order valence-electron chi connectivity index (χ4n) is 1.98. The van der Waals surface area contributed by atoms with Gasteiger partial charge in [-0.2, -0.15) is 0 Å². The normalized spacial score (nSPS) is 10.6. The SMILES string of the molecule is COC(=O)c1c[nH]c2ncc(-c3ccncc3)cc12. The number of methoxy groups -OCH3 is 1. The van der Waals surface area contributed by atoms with Crippen LogP contribution in [-0.2, 0) is 4.74 Å². The average molecular weight is 253 g/mol. The first-order valence-electron chi connectivity index (χ1n) is 5.75. The standard InChI is InChI=1S/C14H11N3O2/c1-19-14(18)12-8-17-13-11(12)6-10(7-16-13)9-2-4-15-5-3-9/h2-8H,1H3,(H,16,17). The predicted molar refractivity (Wildman–Crippen MR) is 70.7 cm³/mol. The van der Waals surface area contributed by atoms with E-state index in [1.54, 1.807) is 24.8 Å². The number of nitrogens with zero attached hydrogens (tertiary/aromatic N) is 2. The van der Waals surface area contributed by atoms with Crippen LogP contribution in [0.1, 0.15) is 10.4 Å². The molecule has 0 fully saturated rings. The Balaban J connectivity index is 2.17. The van der Waals surface area contributed by atoms with Crippen molar-refractivity contribution in [3.05, 3.63) is 48.5 Å². The molecule has 1 N–H and O–H groups in total. The molecule has 0 aliphatic carbocycles. The van der Waals surface area contributed by atoms with E-state index in [0.29, 0.717) is 11.2 Å². The van der Waals surface area contributed by atoms with Gasteiger partial charge in [0.15, 0.2) is 0 Å². The minimum Gasteiger partial charge on any atom is -0.465 e. The molecule has 3 rings (SSSR count). The van der Waals surface area contributed by atoms with E-state index in [0.717, 1.165) is 16.5 Å². The van der Waals surface area contributed by atoms with Gasteiger partial charge in [-0.25, -0.2) is 9.78 Å². The first-order chi connectivity index (χ1) is 9.29. The molecule has 3 aromatic heterocycles. The molecule has 0 aromatic carbocycles. The molecule has 3 aromatic rings. The number of pyridine rings is 2. The molecule has 0 spiro atoms. The number of aromatic nitrogens is 3. The second kappa shape index (κ2) is 4.53. The van der Waals surface area contributed by atoms with Crippen LogP contribution in [0.15, 0.2) is 43.0 Å². The maximum atomic E-state index is 11.7. The molecule has 0 unspecified atom stereocenters. The summed E-state index contributed by atoms with van der Waals surface area (Å²) >= 11 is 0. The number of carbonyl (C=O) groups excluding carboxylic acids is 1. The Morgan fingerprint density at radius 1 is 1.26 bits per heavy atom. The van der Waals surface area contributed by atoms with E-state index < -0.39 is 0 Å². The third kappa shape index (κ3) is 1.95. The van der Waals surface area contributed by atoms with Gasteiger partial charge in [0, 0.05) is 35.7 Å². The Morgan fingerprint density at radius 3 is 2.79 bits per heavy atom. The smallest absolute Gasteiger partial charge is 0.340 e. The molecular formula is C14H11N3O2. The minimum absolute atomic E-state index is 0.375. The molecule has 0 radical (unpaired) electrons. The first kappa shape index (κ1) is 11.4. The summed E-state index contributed by atoms with van der Waals surface area (Å²) in [6, 6.07) is 5.71. The molecular weight excluding hydrogens is 242 g/mol. The number of esters is 1. The molecule has 0 aliphatic heterocycles. The predicted octanol–water partition coefficient (Wildman–Crippen LogP) is 2.41. The van der Waals surface area contributed by atoms with Crippen LogP contribution in [0.5, 0.6) is 0 Å². The third-order valence-corrected chi connectivity index (χ3v) is 2.95. The van der Waals surface area contributed by atoms with Gasteiger partial charge >= 0.3 is 5.97 Å². The summed E-state index contributed by atoms with van der Waals surface area (Å²) in [5.41, 5.74) is 3.08. The highest BCUT2D eigenvalue weighted by atomic mass is 16.5. The van der Waals surface area contributed by atoms with Crippen LogP contribution in [0.4, 0.5) is 0 Å². The van der Waals surface area contributed by atoms with Crippen molar-refractivity contribution in [1.29, 1.82) is 0 Å². The highest BCUT2D eigenvalue weighted by molar-refractivity contribution is 6.03. The number of nitrogens with one attached hydrogen (secondary N) is 1. The molecule has 94 valence electrons. The van der Waals surface area contributed by atoms with Crippen molar-refractivity contribution in [2.24, 2.45) is 0 Å². The largest absolute Gasteiger partial charge is 0.465 e. The number of carbonyl (C=O) groups is 1. The second-order valence-corrected chi connectivity index (χ2v) is 4.05. The van der Waals surface area contributed by atoms with Crippen molar-refractivity contribution in [3.63, 3.8) is 0 Å². The van der Waals surface area contributed by atoms with E-state index in [4.69, 9.17) is 4.74 Å². The van der Waals surface area contributed by atoms with Crippen LogP contribution in [0.25, 0.3) is 22.2 Å². The van der Waals surface area contributed by atoms with Crippen LogP contribution in [0, 0.1) is 0 Å². The van der Waals surface area contributed by atoms with Crippen molar-refractivity contribution in [3.8, 4) is 11.1 Å². The molecule has 0 amide bonds. The van der Waals surface area contributed by atoms with E-state index >= 15 is 0 Å². The van der Waals surface area contributed by atoms with Crippen molar-refractivity contribution < 1.29 is 9.53 Å². The van der Waals surface area contributed by atoms with Crippen molar-refractivity contribution >= 4 is 17.0 Å². The van der Waals surface area contributed by atoms with Gasteiger partial charge in [0.2, 0.25) is 0 Å². The Labute approximate surface area is 109 Å². The van der Waals surface area contributed by atoms with Crippen molar-refractivity contribution in [2.45, 2.75) is 0 Å². The van der Waals surface area contributed by atoms with Crippen LogP contribution in [0.3, 0.4) is 0 Å². The summed E-state index contributed by atoms with van der Waals surface area (Å²) in [4.78, 5) is 22.9. The van der Waals surface area contributed by atoms with E-state index in [-0.39, 0.29) is 5.97 Å². The van der Waals surface area contributed by atoms with E-state index in [2.05, 4.69) is 15.0 Å². The Bertz CT molecular complexity index is 735. The van der Waals surface area contributed by atoms with Crippen LogP contribution < -0.4 is 0 Å². The molecule has 0 saturated heterocycles. The maximum Gasteiger partial charge on any atom is 0.340 e. The van der Waals surface area contributed by atoms with E-state index in [1.165, 1.54) is 7.11 Å². The minimum atomic E-state index is -0.375. The molecule has 5 heteroatoms. The maximum absolute atomic E-state index is 11.7. The molecule has 5 nitrogen and oxygen atoms in total. The molecule has 0 aliphatic rings. The highest BCUT2D eigenvalue weighted by Crippen LogP contribution is 2.24. The number of hydrogen-bond acceptors (Lipinski definition) is 4. The molecule has 19 heavy (non-hydrogen) atoms. The number of rotatable bonds is 2. The Hall–Kier alpha value is -2.69. The Kier molecular flexibility index (Phi) is 2.72. The van der Waals surface area contributed by atoms with Gasteiger partial charge in [-0.15, -0.1) is 0 Å². The molecule has 0 atom stereocenters. The average Bonchev–Trinajstić information content (AvgIpc) is 2.90. The lowest BCUT2D eigenvalue weighted by Crippen LogP contribution is -1.99. The van der Waals surface area contributed by atoms with Gasteiger partial charge < -0.3 is 9.72 Å². The monoisotopic (exact) mass is 253 g/mol. The summed E-state index contributed by atoms with van der Waals surface area (Å²) in [5, 5.41) is 0.751. The summed E-state index contributed by atoms with van der Waals surface area (Å²) in [6.45, 7) is 0. The lowest BCUT2D eigenvalue weighted by Gasteiger charge is -2.01. The number of fused-ring (bicyclic) bond motifs is 1. The first-order valence-corrected chi connectivity index (χ1v) is 5.75. The number of aromatic amines is 1. The van der Waals surface area contributed by atoms with Crippen molar-refractivity contribution in [2.75, 3.05) is 7.11 Å². The van der Waals surface area contributed by atoms with Gasteiger partial charge in [-0.05, 0) is 23.8 Å². The van der Waals surface area contributed by atoms with Gasteiger partial charge in [-0.3, -0.25) is 4.98 Å². The number of ether oxygens (including phenoxy) is 1. The van der Waals surface area contributed by atoms with Crippen LogP contribution in [-0.4, -0.2) is 28.0 Å². The topological polar surface area (TPSA) is 67.9 Å². The lowest BCUT2D eigenvalue weighted by atomic mass is 10.1. The third-order valence-electron chi connectivity index (χ3n) is 2.95. The fraction of sp³-hybridized carbons (Fsp3) is 0.0714. The van der Waals surface area contributed by atoms with Gasteiger partial charge in [0.05, 0.1) is 12.7 Å². The van der Waals surface area contributed by atoms with Crippen LogP contribution in [0.2, 0.25) is 0 Å². The molecule has 0 bridgehead atoms. The zero-order chi connectivity index (χ0) is 13.2. The quantitative estimate of drug-likeness (QED) is 0.712.